The van der Waals surface area contributed by atoms with E-state index < -0.39 is 0 Å². The van der Waals surface area contributed by atoms with Crippen LogP contribution in [0.1, 0.15) is 43.2 Å². The molecule has 258 valence electrons. The topological polar surface area (TPSA) is 38.7 Å². The summed E-state index contributed by atoms with van der Waals surface area (Å²) in [4.78, 5) is 14.9. The van der Waals surface area contributed by atoms with Crippen molar-refractivity contribution >= 4 is 0 Å². The van der Waals surface area contributed by atoms with Gasteiger partial charge < -0.3 is 0 Å². The van der Waals surface area contributed by atoms with E-state index in [1.807, 2.05) is 36.4 Å². The highest BCUT2D eigenvalue weighted by Gasteiger charge is 2.43. The van der Waals surface area contributed by atoms with Crippen LogP contribution in [-0.2, 0) is 5.41 Å². The molecule has 2 aliphatic carbocycles. The van der Waals surface area contributed by atoms with Gasteiger partial charge in [0, 0.05) is 22.1 Å². The van der Waals surface area contributed by atoms with E-state index >= 15 is 0 Å². The molecule has 0 amide bonds. The molecule has 1 saturated carbocycles. The van der Waals surface area contributed by atoms with Crippen LogP contribution in [0.4, 0.5) is 0 Å². The van der Waals surface area contributed by atoms with Gasteiger partial charge in [-0.05, 0) is 80.6 Å². The Labute approximate surface area is 317 Å². The first-order chi connectivity index (χ1) is 26.7. The largest absolute Gasteiger partial charge is 0.208 e. The van der Waals surface area contributed by atoms with Crippen LogP contribution in [0.2, 0.25) is 0 Å². The summed E-state index contributed by atoms with van der Waals surface area (Å²) in [5.74, 6) is 1.97. The Morgan fingerprint density at radius 2 is 0.704 bits per heavy atom. The van der Waals surface area contributed by atoms with Gasteiger partial charge in [0.15, 0.2) is 17.5 Å². The average molecular weight is 694 g/mol. The molecule has 0 aliphatic heterocycles. The molecular weight excluding hydrogens is 655 g/mol. The third kappa shape index (κ3) is 5.74. The Morgan fingerprint density at radius 3 is 1.33 bits per heavy atom. The maximum Gasteiger partial charge on any atom is 0.164 e. The predicted octanol–water partition coefficient (Wildman–Crippen LogP) is 13.1. The van der Waals surface area contributed by atoms with Crippen LogP contribution in [0.5, 0.6) is 0 Å². The highest BCUT2D eigenvalue weighted by molar-refractivity contribution is 5.86. The summed E-state index contributed by atoms with van der Waals surface area (Å²) in [6.07, 6.45) is 6.47. The van der Waals surface area contributed by atoms with Crippen LogP contribution in [0.15, 0.2) is 176 Å². The van der Waals surface area contributed by atoms with E-state index in [4.69, 9.17) is 15.0 Å². The first-order valence-corrected chi connectivity index (χ1v) is 19.1. The Balaban J connectivity index is 0.973. The molecule has 3 nitrogen and oxygen atoms in total. The summed E-state index contributed by atoms with van der Waals surface area (Å²) >= 11 is 0. The van der Waals surface area contributed by atoms with Gasteiger partial charge in [0.1, 0.15) is 0 Å². The molecule has 8 aromatic rings. The molecule has 1 fully saturated rings. The fraction of sp³-hybridized carbons (Fsp3) is 0.118. The molecule has 54 heavy (non-hydrogen) atoms. The molecule has 3 heteroatoms. The number of rotatable bonds is 6. The van der Waals surface area contributed by atoms with Crippen molar-refractivity contribution in [3.63, 3.8) is 0 Å². The smallest absolute Gasteiger partial charge is 0.164 e. The van der Waals surface area contributed by atoms with Crippen LogP contribution in [0, 0.1) is 0 Å². The minimum absolute atomic E-state index is 0.181. The Morgan fingerprint density at radius 1 is 0.296 bits per heavy atom. The molecule has 0 radical (unpaired) electrons. The zero-order valence-corrected chi connectivity index (χ0v) is 30.1. The molecule has 0 saturated heterocycles. The van der Waals surface area contributed by atoms with E-state index in [-0.39, 0.29) is 5.41 Å². The molecule has 1 aromatic heterocycles. The number of nitrogens with zero attached hydrogens (tertiary/aromatic N) is 3. The Hall–Kier alpha value is -6.45. The minimum atomic E-state index is 0.181. The second kappa shape index (κ2) is 13.5. The van der Waals surface area contributed by atoms with Crippen molar-refractivity contribution in [2.75, 3.05) is 0 Å². The van der Waals surface area contributed by atoms with Gasteiger partial charge in [-0.15, -0.1) is 0 Å². The molecule has 0 atom stereocenters. The van der Waals surface area contributed by atoms with E-state index in [1.165, 1.54) is 76.6 Å². The van der Waals surface area contributed by atoms with Gasteiger partial charge in [-0.1, -0.05) is 183 Å². The van der Waals surface area contributed by atoms with Gasteiger partial charge in [-0.3, -0.25) is 0 Å². The number of hydrogen-bond acceptors (Lipinski definition) is 3. The lowest BCUT2D eigenvalue weighted by molar-refractivity contribution is 0.353. The third-order valence-corrected chi connectivity index (χ3v) is 11.6. The monoisotopic (exact) mass is 693 g/mol. The normalized spacial score (nSPS) is 14.1. The molecule has 0 N–H and O–H groups in total. The van der Waals surface area contributed by atoms with E-state index in [9.17, 15) is 0 Å². The fourth-order valence-electron chi connectivity index (χ4n) is 8.82. The molecule has 1 heterocycles. The fourth-order valence-corrected chi connectivity index (χ4v) is 8.82. The van der Waals surface area contributed by atoms with E-state index in [1.54, 1.807) is 0 Å². The zero-order chi connectivity index (χ0) is 35.9. The first kappa shape index (κ1) is 32.2. The van der Waals surface area contributed by atoms with Crippen LogP contribution in [-0.4, -0.2) is 15.0 Å². The highest BCUT2D eigenvalue weighted by Crippen LogP contribution is 2.56. The van der Waals surface area contributed by atoms with E-state index in [0.29, 0.717) is 17.5 Å². The molecule has 10 rings (SSSR count). The molecule has 0 unspecified atom stereocenters. The van der Waals surface area contributed by atoms with E-state index in [2.05, 4.69) is 140 Å². The van der Waals surface area contributed by atoms with Crippen molar-refractivity contribution in [3.8, 4) is 78.7 Å². The summed E-state index contributed by atoms with van der Waals surface area (Å²) in [7, 11) is 0. The summed E-state index contributed by atoms with van der Waals surface area (Å²) in [6.45, 7) is 0. The summed E-state index contributed by atoms with van der Waals surface area (Å²) in [5, 5.41) is 0. The number of hydrogen-bond donors (Lipinski definition) is 0. The molecule has 0 bridgehead atoms. The van der Waals surface area contributed by atoms with Crippen molar-refractivity contribution in [2.24, 2.45) is 0 Å². The van der Waals surface area contributed by atoms with Gasteiger partial charge in [0.25, 0.3) is 0 Å². The number of fused-ring (bicyclic) bond motifs is 5. The highest BCUT2D eigenvalue weighted by atomic mass is 15.0. The van der Waals surface area contributed by atoms with Crippen molar-refractivity contribution in [2.45, 2.75) is 37.5 Å². The maximum absolute atomic E-state index is 5.01. The van der Waals surface area contributed by atoms with Gasteiger partial charge in [-0.2, -0.15) is 0 Å². The number of benzene rings is 7. The van der Waals surface area contributed by atoms with E-state index in [0.717, 1.165) is 27.8 Å². The van der Waals surface area contributed by atoms with Gasteiger partial charge >= 0.3 is 0 Å². The van der Waals surface area contributed by atoms with Gasteiger partial charge in [0.2, 0.25) is 0 Å². The Kier molecular flexibility index (Phi) is 8.06. The van der Waals surface area contributed by atoms with Crippen LogP contribution in [0.25, 0.3) is 78.7 Å². The lowest BCUT2D eigenvalue weighted by Crippen LogP contribution is -2.27. The zero-order valence-electron chi connectivity index (χ0n) is 30.1. The minimum Gasteiger partial charge on any atom is -0.208 e. The summed E-state index contributed by atoms with van der Waals surface area (Å²) in [6, 6.07) is 62.9. The molecule has 2 aliphatic rings. The summed E-state index contributed by atoms with van der Waals surface area (Å²) < 4.78 is 0. The first-order valence-electron chi connectivity index (χ1n) is 19.1. The van der Waals surface area contributed by atoms with Crippen LogP contribution < -0.4 is 0 Å². The van der Waals surface area contributed by atoms with Gasteiger partial charge in [-0.25, -0.2) is 15.0 Å². The third-order valence-electron chi connectivity index (χ3n) is 11.6. The standard InChI is InChI=1S/C51H39N3/c1-4-13-35(14-5-1)36-21-25-39(26-22-36)49-52-48(38-15-6-2-7-16-38)53-50(54-49)40-27-23-37(24-28-40)41-17-12-18-42(33-41)43-29-30-47-45(34-43)44-19-8-9-20-46(44)51(47)31-10-3-11-32-51/h1-2,4-9,12-30,33-34H,3,10-11,31-32H2. The maximum atomic E-state index is 5.01. The molecular formula is C51H39N3. The second-order valence-electron chi connectivity index (χ2n) is 14.7. The van der Waals surface area contributed by atoms with Gasteiger partial charge in [0.05, 0.1) is 0 Å². The lowest BCUT2D eigenvalue weighted by Gasteiger charge is -2.36. The Bertz CT molecular complexity index is 2600. The molecule has 7 aromatic carbocycles. The van der Waals surface area contributed by atoms with Crippen molar-refractivity contribution in [3.05, 3.63) is 187 Å². The second-order valence-corrected chi connectivity index (χ2v) is 14.7. The van der Waals surface area contributed by atoms with Crippen LogP contribution in [0.3, 0.4) is 0 Å². The summed E-state index contributed by atoms with van der Waals surface area (Å²) in [5.41, 5.74) is 16.1. The van der Waals surface area contributed by atoms with Crippen molar-refractivity contribution in [1.29, 1.82) is 0 Å². The SMILES string of the molecule is c1ccc(-c2ccc(-c3nc(-c4ccccc4)nc(-c4ccc(-c5cccc(-c6ccc7c(c6)-c6ccccc6C76CCCCC6)c5)cc4)n3)cc2)cc1. The quantitative estimate of drug-likeness (QED) is 0.174. The number of aromatic nitrogens is 3. The molecule has 1 spiro atoms. The van der Waals surface area contributed by atoms with Crippen molar-refractivity contribution in [1.82, 2.24) is 15.0 Å². The van der Waals surface area contributed by atoms with Crippen LogP contribution >= 0.6 is 0 Å². The predicted molar refractivity (Wildman–Crippen MR) is 222 cm³/mol. The lowest BCUT2D eigenvalue weighted by atomic mass is 9.68. The van der Waals surface area contributed by atoms with Crippen molar-refractivity contribution < 1.29 is 0 Å². The average Bonchev–Trinajstić information content (AvgIpc) is 3.52.